The van der Waals surface area contributed by atoms with E-state index in [-0.39, 0.29) is 18.0 Å². The van der Waals surface area contributed by atoms with E-state index in [0.29, 0.717) is 11.8 Å². The predicted octanol–water partition coefficient (Wildman–Crippen LogP) is 2.87. The Morgan fingerprint density at radius 3 is 3.00 bits per heavy atom. The zero-order valence-corrected chi connectivity index (χ0v) is 10.1. The fourth-order valence-corrected chi connectivity index (χ4v) is 2.93. The second-order valence-electron chi connectivity index (χ2n) is 4.29. The molecule has 2 aliphatic heterocycles. The summed E-state index contributed by atoms with van der Waals surface area (Å²) < 4.78 is 6.33. The lowest BCUT2D eigenvalue weighted by molar-refractivity contribution is -0.162. The first kappa shape index (κ1) is 10.2. The second kappa shape index (κ2) is 3.69. The Kier molecular flexibility index (Phi) is 2.69. The lowest BCUT2D eigenvalue weighted by atomic mass is 9.73. The predicted molar refractivity (Wildman–Crippen MR) is 57.9 cm³/mol. The SMILES string of the molecule is CCC(C)[C@H]1C[C@@H]2OC(=O)[C@H]1C=C2Br. The van der Waals surface area contributed by atoms with Gasteiger partial charge in [-0.25, -0.2) is 0 Å². The van der Waals surface area contributed by atoms with E-state index in [4.69, 9.17) is 4.74 Å². The molecule has 0 aromatic rings. The van der Waals surface area contributed by atoms with Crippen LogP contribution in [0.3, 0.4) is 0 Å². The van der Waals surface area contributed by atoms with E-state index in [0.717, 1.165) is 17.3 Å². The molecule has 14 heavy (non-hydrogen) atoms. The molecule has 0 amide bonds. The van der Waals surface area contributed by atoms with Crippen LogP contribution in [0.15, 0.2) is 10.6 Å². The average Bonchev–Trinajstić information content (AvgIpc) is 2.18. The quantitative estimate of drug-likeness (QED) is 0.713. The van der Waals surface area contributed by atoms with Crippen LogP contribution in [0.4, 0.5) is 0 Å². The summed E-state index contributed by atoms with van der Waals surface area (Å²) >= 11 is 3.46. The van der Waals surface area contributed by atoms with Gasteiger partial charge in [-0.05, 0) is 18.3 Å². The molecule has 2 heterocycles. The van der Waals surface area contributed by atoms with Crippen LogP contribution >= 0.6 is 15.9 Å². The first-order valence-corrected chi connectivity index (χ1v) is 6.00. The van der Waals surface area contributed by atoms with Gasteiger partial charge in [0.1, 0.15) is 6.10 Å². The van der Waals surface area contributed by atoms with Gasteiger partial charge in [0.15, 0.2) is 0 Å². The van der Waals surface area contributed by atoms with Crippen molar-refractivity contribution < 1.29 is 9.53 Å². The van der Waals surface area contributed by atoms with Crippen LogP contribution < -0.4 is 0 Å². The summed E-state index contributed by atoms with van der Waals surface area (Å²) in [6.07, 6.45) is 4.15. The van der Waals surface area contributed by atoms with E-state index in [9.17, 15) is 4.79 Å². The highest BCUT2D eigenvalue weighted by Gasteiger charge is 2.44. The Hall–Kier alpha value is -0.310. The summed E-state index contributed by atoms with van der Waals surface area (Å²) in [7, 11) is 0. The van der Waals surface area contributed by atoms with Crippen molar-refractivity contribution in [3.8, 4) is 0 Å². The molecular weight excluding hydrogens is 244 g/mol. The van der Waals surface area contributed by atoms with Gasteiger partial charge in [0.05, 0.1) is 5.92 Å². The topological polar surface area (TPSA) is 26.3 Å². The molecule has 78 valence electrons. The first-order valence-electron chi connectivity index (χ1n) is 5.21. The maximum atomic E-state index is 11.5. The van der Waals surface area contributed by atoms with Crippen molar-refractivity contribution in [2.24, 2.45) is 17.8 Å². The highest BCUT2D eigenvalue weighted by atomic mass is 79.9. The highest BCUT2D eigenvalue weighted by molar-refractivity contribution is 9.11. The van der Waals surface area contributed by atoms with Crippen LogP contribution in [0.25, 0.3) is 0 Å². The van der Waals surface area contributed by atoms with E-state index < -0.39 is 0 Å². The van der Waals surface area contributed by atoms with Crippen LogP contribution in [-0.2, 0) is 9.53 Å². The Bertz CT molecular complexity index is 285. The third-order valence-corrected chi connectivity index (χ3v) is 4.27. The summed E-state index contributed by atoms with van der Waals surface area (Å²) in [5.74, 6) is 1.04. The van der Waals surface area contributed by atoms with Crippen molar-refractivity contribution in [1.82, 2.24) is 0 Å². The monoisotopic (exact) mass is 258 g/mol. The van der Waals surface area contributed by atoms with Gasteiger partial charge in [-0.1, -0.05) is 42.3 Å². The maximum absolute atomic E-state index is 11.5. The lowest BCUT2D eigenvalue weighted by Crippen LogP contribution is -2.43. The first-order chi connectivity index (χ1) is 6.63. The van der Waals surface area contributed by atoms with Crippen molar-refractivity contribution in [3.63, 3.8) is 0 Å². The van der Waals surface area contributed by atoms with Crippen molar-refractivity contribution in [2.45, 2.75) is 32.8 Å². The average molecular weight is 259 g/mol. The Morgan fingerprint density at radius 2 is 2.43 bits per heavy atom. The van der Waals surface area contributed by atoms with Crippen molar-refractivity contribution >= 4 is 21.9 Å². The van der Waals surface area contributed by atoms with Gasteiger partial charge >= 0.3 is 5.97 Å². The molecule has 4 atom stereocenters. The fraction of sp³-hybridized carbons (Fsp3) is 0.727. The van der Waals surface area contributed by atoms with Crippen molar-refractivity contribution in [1.29, 1.82) is 0 Å². The Labute approximate surface area is 92.8 Å². The van der Waals surface area contributed by atoms with Crippen LogP contribution in [-0.4, -0.2) is 12.1 Å². The molecule has 3 heteroatoms. The van der Waals surface area contributed by atoms with E-state index in [2.05, 4.69) is 29.8 Å². The number of ether oxygens (including phenoxy) is 1. The van der Waals surface area contributed by atoms with E-state index in [1.165, 1.54) is 0 Å². The normalized spacial score (nSPS) is 37.8. The number of hydrogen-bond acceptors (Lipinski definition) is 2. The molecule has 3 aliphatic rings. The molecular formula is C11H15BrO2. The Balaban J connectivity index is 2.22. The summed E-state index contributed by atoms with van der Waals surface area (Å²) in [4.78, 5) is 11.5. The summed E-state index contributed by atoms with van der Waals surface area (Å²) in [6.45, 7) is 4.40. The van der Waals surface area contributed by atoms with Gasteiger partial charge in [-0.2, -0.15) is 0 Å². The smallest absolute Gasteiger partial charge is 0.313 e. The summed E-state index contributed by atoms with van der Waals surface area (Å²) in [6, 6.07) is 0. The maximum Gasteiger partial charge on any atom is 0.313 e. The van der Waals surface area contributed by atoms with Gasteiger partial charge in [0.25, 0.3) is 0 Å². The highest BCUT2D eigenvalue weighted by Crippen LogP contribution is 2.43. The number of fused-ring (bicyclic) bond motifs is 2. The summed E-state index contributed by atoms with van der Waals surface area (Å²) in [5, 5.41) is 0. The van der Waals surface area contributed by atoms with Crippen LogP contribution in [0.2, 0.25) is 0 Å². The van der Waals surface area contributed by atoms with Gasteiger partial charge in [-0.3, -0.25) is 4.79 Å². The number of esters is 1. The molecule has 0 aromatic carbocycles. The van der Waals surface area contributed by atoms with Gasteiger partial charge in [0, 0.05) is 4.48 Å². The van der Waals surface area contributed by atoms with E-state index in [1.807, 2.05) is 6.08 Å². The fourth-order valence-electron chi connectivity index (χ4n) is 2.36. The second-order valence-corrected chi connectivity index (χ2v) is 5.20. The van der Waals surface area contributed by atoms with Gasteiger partial charge in [-0.15, -0.1) is 0 Å². The van der Waals surface area contributed by atoms with Crippen LogP contribution in [0, 0.1) is 17.8 Å². The lowest BCUT2D eigenvalue weighted by Gasteiger charge is -2.41. The number of carbonyl (C=O) groups excluding carboxylic acids is 1. The molecule has 2 bridgehead atoms. The number of carbonyl (C=O) groups is 1. The largest absolute Gasteiger partial charge is 0.456 e. The molecule has 0 radical (unpaired) electrons. The van der Waals surface area contributed by atoms with Crippen LogP contribution in [0.1, 0.15) is 26.7 Å². The van der Waals surface area contributed by atoms with E-state index >= 15 is 0 Å². The van der Waals surface area contributed by atoms with Crippen LogP contribution in [0.5, 0.6) is 0 Å². The molecule has 3 rings (SSSR count). The third-order valence-electron chi connectivity index (χ3n) is 3.50. The zero-order chi connectivity index (χ0) is 10.3. The molecule has 0 aromatic heterocycles. The minimum atomic E-state index is -0.0326. The summed E-state index contributed by atoms with van der Waals surface area (Å²) in [5.41, 5.74) is 0. The minimum absolute atomic E-state index is 0.00787. The molecule has 1 aliphatic carbocycles. The molecule has 0 saturated carbocycles. The third kappa shape index (κ3) is 1.52. The molecule has 0 spiro atoms. The van der Waals surface area contributed by atoms with Gasteiger partial charge in [0.2, 0.25) is 0 Å². The van der Waals surface area contributed by atoms with Crippen molar-refractivity contribution in [3.05, 3.63) is 10.6 Å². The van der Waals surface area contributed by atoms with Gasteiger partial charge < -0.3 is 4.74 Å². The van der Waals surface area contributed by atoms with Crippen molar-refractivity contribution in [2.75, 3.05) is 0 Å². The standard InChI is InChI=1S/C11H15BrO2/c1-3-6(2)7-5-10-9(12)4-8(7)11(13)14-10/h4,6-8,10H,3,5H2,1-2H3/t6?,7-,8+,10+/m1/s1. The molecule has 2 nitrogen and oxygen atoms in total. The molecule has 1 fully saturated rings. The molecule has 1 unspecified atom stereocenters. The van der Waals surface area contributed by atoms with E-state index in [1.54, 1.807) is 0 Å². The Morgan fingerprint density at radius 1 is 1.71 bits per heavy atom. The minimum Gasteiger partial charge on any atom is -0.456 e. The number of halogens is 1. The molecule has 1 saturated heterocycles. The zero-order valence-electron chi connectivity index (χ0n) is 8.50. The molecule has 0 N–H and O–H groups in total. The number of rotatable bonds is 2. The number of hydrogen-bond donors (Lipinski definition) is 0.